The third kappa shape index (κ3) is 2.86. The molecule has 0 saturated carbocycles. The SMILES string of the molecule is O=C(O)c1cnn(-c2nc3cc(-c4ccc(Cl)c(Cl)c4)ccc3[nH]2)c1. The summed E-state index contributed by atoms with van der Waals surface area (Å²) in [5.74, 6) is -0.599. The molecule has 0 amide bonds. The van der Waals surface area contributed by atoms with Gasteiger partial charge in [0.25, 0.3) is 0 Å². The van der Waals surface area contributed by atoms with Crippen molar-refractivity contribution in [2.75, 3.05) is 0 Å². The molecule has 0 saturated heterocycles. The zero-order valence-electron chi connectivity index (χ0n) is 12.6. The third-order valence-corrected chi connectivity index (χ3v) is 4.51. The lowest BCUT2D eigenvalue weighted by atomic mass is 10.1. The highest BCUT2D eigenvalue weighted by Gasteiger charge is 2.11. The number of carbonyl (C=O) groups is 1. The van der Waals surface area contributed by atoms with Crippen LogP contribution in [0.3, 0.4) is 0 Å². The molecular weight excluding hydrogens is 363 g/mol. The van der Waals surface area contributed by atoms with Crippen molar-refractivity contribution >= 4 is 40.2 Å². The maximum Gasteiger partial charge on any atom is 0.338 e. The van der Waals surface area contributed by atoms with Gasteiger partial charge in [-0.25, -0.2) is 14.5 Å². The summed E-state index contributed by atoms with van der Waals surface area (Å²) in [6, 6.07) is 11.2. The molecule has 0 radical (unpaired) electrons. The lowest BCUT2D eigenvalue weighted by molar-refractivity contribution is 0.0697. The Bertz CT molecular complexity index is 1120. The van der Waals surface area contributed by atoms with Crippen LogP contribution in [0.2, 0.25) is 10.0 Å². The highest BCUT2D eigenvalue weighted by Crippen LogP contribution is 2.30. The van der Waals surface area contributed by atoms with Gasteiger partial charge >= 0.3 is 5.97 Å². The first-order valence-corrected chi connectivity index (χ1v) is 8.00. The molecule has 2 aromatic carbocycles. The molecule has 0 atom stereocenters. The van der Waals surface area contributed by atoms with Crippen LogP contribution in [0.5, 0.6) is 0 Å². The van der Waals surface area contributed by atoms with Gasteiger partial charge < -0.3 is 10.1 Å². The summed E-state index contributed by atoms with van der Waals surface area (Å²) in [5.41, 5.74) is 3.50. The number of aromatic amines is 1. The number of aromatic carboxylic acids is 1. The first kappa shape index (κ1) is 15.7. The first-order chi connectivity index (χ1) is 12.0. The Morgan fingerprint density at radius 3 is 2.56 bits per heavy atom. The van der Waals surface area contributed by atoms with Crippen LogP contribution in [0.1, 0.15) is 10.4 Å². The summed E-state index contributed by atoms with van der Waals surface area (Å²) in [6.07, 6.45) is 2.68. The summed E-state index contributed by atoms with van der Waals surface area (Å²) in [6.45, 7) is 0. The van der Waals surface area contributed by atoms with Crippen LogP contribution in [-0.4, -0.2) is 30.8 Å². The fraction of sp³-hybridized carbons (Fsp3) is 0. The molecule has 0 aliphatic heterocycles. The van der Waals surface area contributed by atoms with Gasteiger partial charge in [0.2, 0.25) is 5.95 Å². The molecule has 0 fully saturated rings. The van der Waals surface area contributed by atoms with E-state index in [4.69, 9.17) is 28.3 Å². The van der Waals surface area contributed by atoms with E-state index in [0.29, 0.717) is 16.0 Å². The summed E-state index contributed by atoms with van der Waals surface area (Å²) in [5, 5.41) is 14.0. The predicted octanol–water partition coefficient (Wildman–Crippen LogP) is 4.42. The molecule has 4 aromatic rings. The van der Waals surface area contributed by atoms with E-state index >= 15 is 0 Å². The standard InChI is InChI=1S/C17H10Cl2N4O2/c18-12-3-1-9(5-13(12)19)10-2-4-14-15(6-10)22-17(21-14)23-8-11(7-20-23)16(24)25/h1-8H,(H,21,22)(H,24,25). The molecule has 0 aliphatic carbocycles. The average molecular weight is 373 g/mol. The van der Waals surface area contributed by atoms with Crippen LogP contribution in [0.25, 0.3) is 28.1 Å². The minimum atomic E-state index is -1.04. The van der Waals surface area contributed by atoms with Gasteiger partial charge in [0, 0.05) is 6.20 Å². The van der Waals surface area contributed by atoms with Gasteiger partial charge in [-0.05, 0) is 35.4 Å². The molecule has 6 nitrogen and oxygen atoms in total. The Morgan fingerprint density at radius 2 is 1.84 bits per heavy atom. The second kappa shape index (κ2) is 5.91. The van der Waals surface area contributed by atoms with E-state index in [2.05, 4.69) is 15.1 Å². The molecule has 2 heterocycles. The number of imidazole rings is 1. The smallest absolute Gasteiger partial charge is 0.338 e. The minimum absolute atomic E-state index is 0.0944. The molecule has 8 heteroatoms. The Kier molecular flexibility index (Phi) is 3.71. The summed E-state index contributed by atoms with van der Waals surface area (Å²) in [4.78, 5) is 18.6. The molecule has 4 rings (SSSR count). The zero-order chi connectivity index (χ0) is 17.6. The van der Waals surface area contributed by atoms with Crippen molar-refractivity contribution < 1.29 is 9.90 Å². The summed E-state index contributed by atoms with van der Waals surface area (Å²) >= 11 is 12.0. The van der Waals surface area contributed by atoms with Gasteiger partial charge in [0.05, 0.1) is 32.8 Å². The fourth-order valence-corrected chi connectivity index (χ4v) is 2.80. The minimum Gasteiger partial charge on any atom is -0.478 e. The van der Waals surface area contributed by atoms with Crippen LogP contribution in [0.15, 0.2) is 48.8 Å². The van der Waals surface area contributed by atoms with Crippen LogP contribution in [0.4, 0.5) is 0 Å². The molecule has 0 spiro atoms. The molecule has 124 valence electrons. The van der Waals surface area contributed by atoms with Gasteiger partial charge in [-0.3, -0.25) is 0 Å². The Hall–Kier alpha value is -2.83. The number of fused-ring (bicyclic) bond motifs is 1. The van der Waals surface area contributed by atoms with Gasteiger partial charge in [-0.1, -0.05) is 35.3 Å². The third-order valence-electron chi connectivity index (χ3n) is 3.77. The molecule has 2 N–H and O–H groups in total. The van der Waals surface area contributed by atoms with Gasteiger partial charge in [-0.15, -0.1) is 0 Å². The number of hydrogen-bond acceptors (Lipinski definition) is 3. The number of hydrogen-bond donors (Lipinski definition) is 2. The maximum absolute atomic E-state index is 11.0. The first-order valence-electron chi connectivity index (χ1n) is 7.25. The van der Waals surface area contributed by atoms with Crippen molar-refractivity contribution in [3.63, 3.8) is 0 Å². The van der Waals surface area contributed by atoms with Crippen LogP contribution in [-0.2, 0) is 0 Å². The number of carboxylic acids is 1. The van der Waals surface area contributed by atoms with Crippen LogP contribution < -0.4 is 0 Å². The lowest BCUT2D eigenvalue weighted by Crippen LogP contribution is -1.97. The van der Waals surface area contributed by atoms with Crippen molar-refractivity contribution in [1.82, 2.24) is 19.7 Å². The Labute approximate surface area is 151 Å². The molecule has 2 aromatic heterocycles. The summed E-state index contributed by atoms with van der Waals surface area (Å²) < 4.78 is 1.39. The normalized spacial score (nSPS) is 11.1. The van der Waals surface area contributed by atoms with Crippen molar-refractivity contribution in [3.05, 3.63) is 64.4 Å². The lowest BCUT2D eigenvalue weighted by Gasteiger charge is -2.03. The van der Waals surface area contributed by atoms with Crippen molar-refractivity contribution in [1.29, 1.82) is 0 Å². The number of H-pyrrole nitrogens is 1. The topological polar surface area (TPSA) is 83.8 Å². The largest absolute Gasteiger partial charge is 0.478 e. The van der Waals surface area contributed by atoms with Gasteiger partial charge in [0.1, 0.15) is 0 Å². The molecule has 0 unspecified atom stereocenters. The molecular formula is C17H10Cl2N4O2. The van der Waals surface area contributed by atoms with E-state index in [0.717, 1.165) is 22.2 Å². The fourth-order valence-electron chi connectivity index (χ4n) is 2.51. The van der Waals surface area contributed by atoms with Crippen LogP contribution in [0, 0.1) is 0 Å². The predicted molar refractivity (Wildman–Crippen MR) is 95.6 cm³/mol. The second-order valence-electron chi connectivity index (χ2n) is 5.40. The number of aromatic nitrogens is 4. The number of nitrogens with one attached hydrogen (secondary N) is 1. The average Bonchev–Trinajstić information content (AvgIpc) is 3.22. The maximum atomic E-state index is 11.0. The number of benzene rings is 2. The van der Waals surface area contributed by atoms with Gasteiger partial charge in [-0.2, -0.15) is 5.10 Å². The second-order valence-corrected chi connectivity index (χ2v) is 6.21. The summed E-state index contributed by atoms with van der Waals surface area (Å²) in [7, 11) is 0. The van der Waals surface area contributed by atoms with Gasteiger partial charge in [0.15, 0.2) is 0 Å². The highest BCUT2D eigenvalue weighted by atomic mass is 35.5. The molecule has 25 heavy (non-hydrogen) atoms. The zero-order valence-corrected chi connectivity index (χ0v) is 14.1. The van der Waals surface area contributed by atoms with Crippen molar-refractivity contribution in [2.45, 2.75) is 0 Å². The monoisotopic (exact) mass is 372 g/mol. The van der Waals surface area contributed by atoms with E-state index in [1.54, 1.807) is 12.1 Å². The van der Waals surface area contributed by atoms with Crippen molar-refractivity contribution in [2.24, 2.45) is 0 Å². The van der Waals surface area contributed by atoms with E-state index in [-0.39, 0.29) is 5.56 Å². The molecule has 0 aliphatic rings. The van der Waals surface area contributed by atoms with E-state index in [1.165, 1.54) is 17.1 Å². The number of nitrogens with zero attached hydrogens (tertiary/aromatic N) is 3. The Morgan fingerprint density at radius 1 is 1.08 bits per heavy atom. The highest BCUT2D eigenvalue weighted by molar-refractivity contribution is 6.42. The number of halogens is 2. The number of rotatable bonds is 3. The number of carboxylic acid groups (broad SMARTS) is 1. The quantitative estimate of drug-likeness (QED) is 0.557. The Balaban J connectivity index is 1.76. The van der Waals surface area contributed by atoms with E-state index in [9.17, 15) is 4.79 Å². The van der Waals surface area contributed by atoms with E-state index < -0.39 is 5.97 Å². The van der Waals surface area contributed by atoms with E-state index in [1.807, 2.05) is 24.3 Å². The van der Waals surface area contributed by atoms with Crippen molar-refractivity contribution in [3.8, 4) is 17.1 Å². The molecule has 0 bridgehead atoms. The van der Waals surface area contributed by atoms with Crippen LogP contribution >= 0.6 is 23.2 Å².